The van der Waals surface area contributed by atoms with E-state index >= 15 is 0 Å². The Labute approximate surface area is 215 Å². The molecule has 1 saturated heterocycles. The van der Waals surface area contributed by atoms with Gasteiger partial charge in [-0.25, -0.2) is 9.78 Å². The minimum Gasteiger partial charge on any atom is -0.480 e. The number of guanidine groups is 1. The number of likely N-dealkylation sites (tertiary alicyclic amines) is 1. The zero-order chi connectivity index (χ0) is 27.5. The number of hydrogen-bond donors (Lipinski definition) is 7. The van der Waals surface area contributed by atoms with Gasteiger partial charge in [0, 0.05) is 31.4 Å². The molecule has 3 amide bonds. The molecular weight excluding hydrogens is 482 g/mol. The lowest BCUT2D eigenvalue weighted by atomic mass is 9.98. The third-order valence-electron chi connectivity index (χ3n) is 6.51. The fourth-order valence-electron chi connectivity index (χ4n) is 4.18. The number of aromatic nitrogens is 2. The van der Waals surface area contributed by atoms with Crippen molar-refractivity contribution in [3.05, 3.63) is 18.2 Å². The minimum atomic E-state index is -1.13. The predicted molar refractivity (Wildman–Crippen MR) is 136 cm³/mol. The second-order valence-electron chi connectivity index (χ2n) is 9.30. The predicted octanol–water partition coefficient (Wildman–Crippen LogP) is -1.58. The van der Waals surface area contributed by atoms with E-state index < -0.39 is 47.9 Å². The van der Waals surface area contributed by atoms with Crippen molar-refractivity contribution in [2.75, 3.05) is 13.1 Å². The smallest absolute Gasteiger partial charge is 0.326 e. The average Bonchev–Trinajstić information content (AvgIpc) is 3.55. The largest absolute Gasteiger partial charge is 0.480 e. The number of amides is 3. The van der Waals surface area contributed by atoms with E-state index in [4.69, 9.17) is 17.2 Å². The van der Waals surface area contributed by atoms with Crippen LogP contribution in [-0.4, -0.2) is 86.9 Å². The monoisotopic (exact) mass is 521 g/mol. The summed E-state index contributed by atoms with van der Waals surface area (Å²) in [5.74, 6) is -2.97. The van der Waals surface area contributed by atoms with E-state index in [9.17, 15) is 24.3 Å². The van der Waals surface area contributed by atoms with Crippen LogP contribution in [0.4, 0.5) is 0 Å². The number of aromatic amines is 1. The van der Waals surface area contributed by atoms with E-state index in [0.29, 0.717) is 50.9 Å². The minimum absolute atomic E-state index is 0.0497. The summed E-state index contributed by atoms with van der Waals surface area (Å²) in [4.78, 5) is 63.2. The molecule has 10 N–H and O–H groups in total. The molecule has 0 saturated carbocycles. The van der Waals surface area contributed by atoms with Gasteiger partial charge in [0.25, 0.3) is 0 Å². The number of nitrogens with two attached hydrogens (primary N) is 3. The van der Waals surface area contributed by atoms with Crippen molar-refractivity contribution in [3.63, 3.8) is 0 Å². The van der Waals surface area contributed by atoms with Gasteiger partial charge in [0.2, 0.25) is 17.7 Å². The van der Waals surface area contributed by atoms with Gasteiger partial charge in [-0.15, -0.1) is 0 Å². The van der Waals surface area contributed by atoms with Crippen LogP contribution >= 0.6 is 0 Å². The van der Waals surface area contributed by atoms with Gasteiger partial charge >= 0.3 is 5.97 Å². The van der Waals surface area contributed by atoms with Crippen molar-refractivity contribution >= 4 is 29.7 Å². The highest BCUT2D eigenvalue weighted by atomic mass is 16.4. The summed E-state index contributed by atoms with van der Waals surface area (Å²) >= 11 is 0. The number of nitrogens with one attached hydrogen (secondary N) is 3. The van der Waals surface area contributed by atoms with Crippen molar-refractivity contribution in [1.29, 1.82) is 0 Å². The van der Waals surface area contributed by atoms with Crippen molar-refractivity contribution in [2.45, 2.75) is 76.5 Å². The van der Waals surface area contributed by atoms with Gasteiger partial charge < -0.3 is 42.8 Å². The van der Waals surface area contributed by atoms with Gasteiger partial charge in [0.05, 0.1) is 12.4 Å². The van der Waals surface area contributed by atoms with Gasteiger partial charge in [-0.05, 0) is 31.6 Å². The highest BCUT2D eigenvalue weighted by molar-refractivity contribution is 5.94. The third kappa shape index (κ3) is 8.74. The zero-order valence-electron chi connectivity index (χ0n) is 21.4. The maximum Gasteiger partial charge on any atom is 0.326 e. The Bertz CT molecular complexity index is 948. The number of hydrogen-bond acceptors (Lipinski definition) is 7. The normalized spacial score (nSPS) is 18.4. The first-order chi connectivity index (χ1) is 17.5. The lowest BCUT2D eigenvalue weighted by Gasteiger charge is -2.30. The quantitative estimate of drug-likeness (QED) is 0.0848. The van der Waals surface area contributed by atoms with Gasteiger partial charge in [-0.2, -0.15) is 0 Å². The highest BCUT2D eigenvalue weighted by Gasteiger charge is 2.39. The molecule has 0 spiro atoms. The molecule has 206 valence electrons. The lowest BCUT2D eigenvalue weighted by molar-refractivity contribution is -0.146. The molecule has 0 aliphatic carbocycles. The number of H-pyrrole nitrogens is 1. The zero-order valence-corrected chi connectivity index (χ0v) is 21.4. The van der Waals surface area contributed by atoms with Crippen molar-refractivity contribution < 1.29 is 24.3 Å². The number of nitrogens with zero attached hydrogens (tertiary/aromatic N) is 3. The first-order valence-corrected chi connectivity index (χ1v) is 12.5. The summed E-state index contributed by atoms with van der Waals surface area (Å²) < 4.78 is 0. The molecule has 1 aliphatic heterocycles. The molecule has 1 fully saturated rings. The molecule has 0 radical (unpaired) electrons. The standard InChI is InChI=1S/C23H39N9O5/c1-3-13(2)18(22(36)37)31-20(34)17-7-5-9-32(17)21(35)16(10-14-11-27-12-29-14)30-19(33)15(24)6-4-8-28-23(25)26/h11-13,15-18H,3-10,24H2,1-2H3,(H,27,29)(H,30,33)(H,31,34)(H,36,37)(H4,25,26,28). The fourth-order valence-corrected chi connectivity index (χ4v) is 4.18. The second-order valence-corrected chi connectivity index (χ2v) is 9.30. The Morgan fingerprint density at radius 1 is 1.30 bits per heavy atom. The van der Waals surface area contributed by atoms with Gasteiger partial charge in [0.15, 0.2) is 5.96 Å². The molecule has 5 unspecified atom stereocenters. The molecule has 1 aromatic heterocycles. The summed E-state index contributed by atoms with van der Waals surface area (Å²) in [6.07, 6.45) is 5.41. The van der Waals surface area contributed by atoms with E-state index in [1.54, 1.807) is 13.1 Å². The molecule has 14 heteroatoms. The van der Waals surface area contributed by atoms with Crippen LogP contribution in [0, 0.1) is 5.92 Å². The Morgan fingerprint density at radius 2 is 2.03 bits per heavy atom. The number of rotatable bonds is 14. The number of aliphatic carboxylic acids is 1. The van der Waals surface area contributed by atoms with E-state index in [1.807, 2.05) is 6.92 Å². The summed E-state index contributed by atoms with van der Waals surface area (Å²) in [6, 6.07) is -3.80. The average molecular weight is 522 g/mol. The van der Waals surface area contributed by atoms with Gasteiger partial charge in [0.1, 0.15) is 18.1 Å². The summed E-state index contributed by atoms with van der Waals surface area (Å²) in [5.41, 5.74) is 17.2. The highest BCUT2D eigenvalue weighted by Crippen LogP contribution is 2.20. The molecule has 0 bridgehead atoms. The molecule has 14 nitrogen and oxygen atoms in total. The summed E-state index contributed by atoms with van der Waals surface area (Å²) in [6.45, 7) is 4.20. The van der Waals surface area contributed by atoms with Gasteiger partial charge in [-0.3, -0.25) is 19.4 Å². The number of imidazole rings is 1. The number of carboxylic acids is 1. The molecule has 2 rings (SSSR count). The van der Waals surface area contributed by atoms with Crippen LogP contribution in [0.15, 0.2) is 17.5 Å². The van der Waals surface area contributed by atoms with Crippen molar-refractivity contribution in [3.8, 4) is 0 Å². The van der Waals surface area contributed by atoms with Crippen LogP contribution in [0.5, 0.6) is 0 Å². The Morgan fingerprint density at radius 3 is 2.62 bits per heavy atom. The molecule has 1 aromatic rings. The topological polar surface area (TPSA) is 235 Å². The number of carbonyl (C=O) groups is 4. The first-order valence-electron chi connectivity index (χ1n) is 12.5. The number of aliphatic imine (C=N–C) groups is 1. The number of carbonyl (C=O) groups excluding carboxylic acids is 3. The molecule has 37 heavy (non-hydrogen) atoms. The Kier molecular flexibility index (Phi) is 11.3. The fraction of sp³-hybridized carbons (Fsp3) is 0.652. The lowest BCUT2D eigenvalue weighted by Crippen LogP contribution is -2.57. The Balaban J connectivity index is 2.13. The second kappa shape index (κ2) is 14.2. The van der Waals surface area contributed by atoms with E-state index in [2.05, 4.69) is 25.6 Å². The third-order valence-corrected chi connectivity index (χ3v) is 6.51. The molecule has 0 aromatic carbocycles. The van der Waals surface area contributed by atoms with E-state index in [1.165, 1.54) is 11.2 Å². The van der Waals surface area contributed by atoms with Crippen LogP contribution in [0.25, 0.3) is 0 Å². The summed E-state index contributed by atoms with van der Waals surface area (Å²) in [7, 11) is 0. The number of carboxylic acid groups (broad SMARTS) is 1. The molecule has 2 heterocycles. The van der Waals surface area contributed by atoms with Crippen molar-refractivity contribution in [2.24, 2.45) is 28.1 Å². The van der Waals surface area contributed by atoms with Gasteiger partial charge in [-0.1, -0.05) is 20.3 Å². The van der Waals surface area contributed by atoms with E-state index in [0.717, 1.165) is 0 Å². The van der Waals surface area contributed by atoms with E-state index in [-0.39, 0.29) is 18.3 Å². The van der Waals surface area contributed by atoms with Crippen LogP contribution in [0.2, 0.25) is 0 Å². The van der Waals surface area contributed by atoms with Crippen molar-refractivity contribution in [1.82, 2.24) is 25.5 Å². The SMILES string of the molecule is CCC(C)C(NC(=O)C1CCCN1C(=O)C(Cc1cnc[nH]1)NC(=O)C(N)CCCN=C(N)N)C(=O)O. The first kappa shape index (κ1) is 29.5. The van der Waals surface area contributed by atoms with Crippen LogP contribution in [0.3, 0.4) is 0 Å². The maximum atomic E-state index is 13.6. The molecule has 1 aliphatic rings. The van der Waals surface area contributed by atoms with Crippen LogP contribution in [0.1, 0.15) is 51.6 Å². The van der Waals surface area contributed by atoms with Crippen LogP contribution in [-0.2, 0) is 25.6 Å². The summed E-state index contributed by atoms with van der Waals surface area (Å²) in [5, 5.41) is 14.8. The van der Waals surface area contributed by atoms with Crippen LogP contribution < -0.4 is 27.8 Å². The maximum absolute atomic E-state index is 13.6. The Hall–Kier alpha value is -3.68. The molecular formula is C23H39N9O5. The molecule has 5 atom stereocenters.